The Morgan fingerprint density at radius 1 is 1.06 bits per heavy atom. The second-order valence-electron chi connectivity index (χ2n) is 8.33. The van der Waals surface area contributed by atoms with Gasteiger partial charge in [0.05, 0.1) is 23.2 Å². The molecule has 0 unspecified atom stereocenters. The van der Waals surface area contributed by atoms with Crippen LogP contribution in [0.4, 0.5) is 5.69 Å². The summed E-state index contributed by atoms with van der Waals surface area (Å²) >= 11 is 1.54. The van der Waals surface area contributed by atoms with Crippen molar-refractivity contribution in [1.29, 1.82) is 0 Å². The van der Waals surface area contributed by atoms with Crippen molar-refractivity contribution in [2.45, 2.75) is 42.0 Å². The maximum absolute atomic E-state index is 13.7. The van der Waals surface area contributed by atoms with Crippen LogP contribution in [0.2, 0.25) is 0 Å². The molecule has 1 amide bonds. The Morgan fingerprint density at radius 3 is 2.46 bits per heavy atom. The van der Waals surface area contributed by atoms with Gasteiger partial charge >= 0.3 is 0 Å². The van der Waals surface area contributed by atoms with Crippen LogP contribution in [0.5, 0.6) is 5.75 Å². The molecule has 0 bridgehead atoms. The van der Waals surface area contributed by atoms with Gasteiger partial charge in [0, 0.05) is 4.90 Å². The number of anilines is 1. The third-order valence-corrected chi connectivity index (χ3v) is 8.61. The Morgan fingerprint density at radius 2 is 1.77 bits per heavy atom. The topological polar surface area (TPSA) is 75.7 Å². The molecular formula is C27H30N2O4S2. The maximum Gasteiger partial charge on any atom is 0.264 e. The van der Waals surface area contributed by atoms with Gasteiger partial charge in [0.25, 0.3) is 10.0 Å². The molecular weight excluding hydrogens is 480 g/mol. The highest BCUT2D eigenvalue weighted by atomic mass is 32.2. The summed E-state index contributed by atoms with van der Waals surface area (Å²) < 4.78 is 34.0. The predicted molar refractivity (Wildman–Crippen MR) is 141 cm³/mol. The molecule has 0 spiro atoms. The van der Waals surface area contributed by atoms with Gasteiger partial charge in [-0.25, -0.2) is 8.42 Å². The summed E-state index contributed by atoms with van der Waals surface area (Å²) in [6, 6.07) is 21.4. The van der Waals surface area contributed by atoms with E-state index >= 15 is 0 Å². The number of hydrogen-bond acceptors (Lipinski definition) is 5. The largest absolute Gasteiger partial charge is 0.494 e. The number of thioether (sulfide) groups is 1. The molecule has 0 aromatic heterocycles. The molecule has 0 saturated carbocycles. The first-order chi connectivity index (χ1) is 16.9. The lowest BCUT2D eigenvalue weighted by Crippen LogP contribution is -2.42. The van der Waals surface area contributed by atoms with Crippen LogP contribution in [0.15, 0.2) is 82.6 Å². The zero-order valence-electron chi connectivity index (χ0n) is 19.9. The molecule has 184 valence electrons. The summed E-state index contributed by atoms with van der Waals surface area (Å²) in [7, 11) is -3.98. The first kappa shape index (κ1) is 25.1. The Balaban J connectivity index is 1.62. The van der Waals surface area contributed by atoms with E-state index in [0.717, 1.165) is 29.7 Å². The summed E-state index contributed by atoms with van der Waals surface area (Å²) in [6.07, 6.45) is 4.73. The van der Waals surface area contributed by atoms with Gasteiger partial charge < -0.3 is 10.1 Å². The summed E-state index contributed by atoms with van der Waals surface area (Å²) in [4.78, 5) is 14.3. The van der Waals surface area contributed by atoms with Crippen molar-refractivity contribution in [3.05, 3.63) is 83.9 Å². The minimum Gasteiger partial charge on any atom is -0.494 e. The fourth-order valence-electron chi connectivity index (χ4n) is 4.34. The third-order valence-electron chi connectivity index (χ3n) is 6.07. The number of benzene rings is 3. The number of amides is 1. The van der Waals surface area contributed by atoms with Gasteiger partial charge in [-0.1, -0.05) is 24.3 Å². The lowest BCUT2D eigenvalue weighted by molar-refractivity contribution is -0.120. The van der Waals surface area contributed by atoms with E-state index in [-0.39, 0.29) is 23.4 Å². The second kappa shape index (κ2) is 11.2. The fourth-order valence-corrected chi connectivity index (χ4v) is 6.17. The minimum atomic E-state index is -3.98. The van der Waals surface area contributed by atoms with E-state index < -0.39 is 10.0 Å². The van der Waals surface area contributed by atoms with Crippen molar-refractivity contribution in [3.63, 3.8) is 0 Å². The van der Waals surface area contributed by atoms with Crippen LogP contribution in [0.3, 0.4) is 0 Å². The Kier molecular flexibility index (Phi) is 8.03. The van der Waals surface area contributed by atoms with E-state index in [9.17, 15) is 13.2 Å². The number of carbonyl (C=O) groups excluding carboxylic acids is 1. The second-order valence-corrected chi connectivity index (χ2v) is 11.1. The zero-order chi connectivity index (χ0) is 24.8. The van der Waals surface area contributed by atoms with Gasteiger partial charge in [-0.2, -0.15) is 0 Å². The molecule has 0 heterocycles. The molecule has 6 nitrogen and oxygen atoms in total. The summed E-state index contributed by atoms with van der Waals surface area (Å²) in [6.45, 7) is 2.07. The number of carbonyl (C=O) groups is 1. The third kappa shape index (κ3) is 5.82. The summed E-state index contributed by atoms with van der Waals surface area (Å²) in [5.74, 6) is 0.297. The molecule has 3 aromatic rings. The number of nitrogens with zero attached hydrogens (tertiary/aromatic N) is 1. The number of aryl methyl sites for hydroxylation is 1. The molecule has 4 rings (SSSR count). The number of rotatable bonds is 9. The van der Waals surface area contributed by atoms with Crippen LogP contribution in [-0.4, -0.2) is 33.7 Å². The smallest absolute Gasteiger partial charge is 0.264 e. The number of sulfonamides is 1. The predicted octanol–water partition coefficient (Wildman–Crippen LogP) is 5.20. The van der Waals surface area contributed by atoms with Gasteiger partial charge in [-0.3, -0.25) is 9.10 Å². The fraction of sp³-hybridized carbons (Fsp3) is 0.296. The number of nitrogens with one attached hydrogen (secondary N) is 1. The lowest BCUT2D eigenvalue weighted by atomic mass is 9.88. The van der Waals surface area contributed by atoms with Crippen LogP contribution in [0.25, 0.3) is 0 Å². The van der Waals surface area contributed by atoms with Crippen molar-refractivity contribution < 1.29 is 17.9 Å². The van der Waals surface area contributed by atoms with Gasteiger partial charge in [0.15, 0.2) is 0 Å². The van der Waals surface area contributed by atoms with E-state index in [1.54, 1.807) is 48.5 Å². The highest BCUT2D eigenvalue weighted by molar-refractivity contribution is 7.98. The first-order valence-corrected chi connectivity index (χ1v) is 14.4. The van der Waals surface area contributed by atoms with Gasteiger partial charge in [-0.15, -0.1) is 11.8 Å². The average molecular weight is 511 g/mol. The van der Waals surface area contributed by atoms with Crippen molar-refractivity contribution in [1.82, 2.24) is 5.32 Å². The van der Waals surface area contributed by atoms with Gasteiger partial charge in [-0.05, 0) is 92.1 Å². The van der Waals surface area contributed by atoms with Gasteiger partial charge in [0.2, 0.25) is 5.91 Å². The molecule has 35 heavy (non-hydrogen) atoms. The monoisotopic (exact) mass is 510 g/mol. The molecule has 3 aromatic carbocycles. The van der Waals surface area contributed by atoms with Crippen molar-refractivity contribution in [2.24, 2.45) is 0 Å². The lowest BCUT2D eigenvalue weighted by Gasteiger charge is -2.29. The first-order valence-electron chi connectivity index (χ1n) is 11.7. The number of fused-ring (bicyclic) bond motifs is 1. The van der Waals surface area contributed by atoms with E-state index in [4.69, 9.17) is 4.74 Å². The van der Waals surface area contributed by atoms with Crippen LogP contribution >= 0.6 is 11.8 Å². The highest BCUT2D eigenvalue weighted by Gasteiger charge is 2.29. The molecule has 0 fully saturated rings. The Hall–Kier alpha value is -2.97. The normalized spacial score (nSPS) is 15.2. The molecule has 1 aliphatic carbocycles. The van der Waals surface area contributed by atoms with E-state index in [1.807, 2.05) is 31.4 Å². The molecule has 0 saturated heterocycles. The van der Waals surface area contributed by atoms with E-state index in [2.05, 4.69) is 11.4 Å². The van der Waals surface area contributed by atoms with Crippen molar-refractivity contribution in [2.75, 3.05) is 23.7 Å². The molecule has 1 atom stereocenters. The van der Waals surface area contributed by atoms with Crippen molar-refractivity contribution >= 4 is 33.4 Å². The molecule has 8 heteroatoms. The van der Waals surface area contributed by atoms with Gasteiger partial charge in [0.1, 0.15) is 12.3 Å². The van der Waals surface area contributed by atoms with E-state index in [0.29, 0.717) is 18.0 Å². The molecule has 1 aliphatic rings. The maximum atomic E-state index is 13.7. The van der Waals surface area contributed by atoms with Crippen LogP contribution in [0.1, 0.15) is 36.9 Å². The summed E-state index contributed by atoms with van der Waals surface area (Å²) in [5.41, 5.74) is 2.74. The quantitative estimate of drug-likeness (QED) is 0.401. The van der Waals surface area contributed by atoms with Crippen molar-refractivity contribution in [3.8, 4) is 5.75 Å². The number of ether oxygens (including phenoxy) is 1. The average Bonchev–Trinajstić information content (AvgIpc) is 2.88. The summed E-state index contributed by atoms with van der Waals surface area (Å²) in [5, 5.41) is 3.08. The standard InChI is InChI=1S/C27H30N2O4S2/c1-3-33-22-13-11-21(12-14-22)29(35(31,32)24-17-15-23(34-2)16-18-24)19-27(30)28-26-10-6-8-20-7-4-5-9-25(20)26/h4-5,7,9,11-18,26H,3,6,8,10,19H2,1-2H3,(H,28,30)/t26-/m0/s1. The Labute approximate surface area is 211 Å². The molecule has 0 aliphatic heterocycles. The minimum absolute atomic E-state index is 0.127. The highest BCUT2D eigenvalue weighted by Crippen LogP contribution is 2.30. The van der Waals surface area contributed by atoms with Crippen LogP contribution < -0.4 is 14.4 Å². The number of hydrogen-bond donors (Lipinski definition) is 1. The zero-order valence-corrected chi connectivity index (χ0v) is 21.6. The molecule has 0 radical (unpaired) electrons. The Bertz CT molecular complexity index is 1260. The SMILES string of the molecule is CCOc1ccc(N(CC(=O)N[C@H]2CCCc3ccccc32)S(=O)(=O)c2ccc(SC)cc2)cc1. The van der Waals surface area contributed by atoms with E-state index in [1.165, 1.54) is 21.6 Å². The van der Waals surface area contributed by atoms with Crippen LogP contribution in [0, 0.1) is 0 Å². The van der Waals surface area contributed by atoms with Crippen LogP contribution in [-0.2, 0) is 21.2 Å². The molecule has 1 N–H and O–H groups in total.